The zero-order valence-corrected chi connectivity index (χ0v) is 8.17. The van der Waals surface area contributed by atoms with Crippen LogP contribution in [0.5, 0.6) is 0 Å². The normalized spacial score (nSPS) is 15.3. The molecule has 0 rings (SSSR count). The van der Waals surface area contributed by atoms with E-state index in [0.717, 1.165) is 12.8 Å². The molecular weight excluding hydrogens is 154 g/mol. The molecular formula is C9H19NO2. The Kier molecular flexibility index (Phi) is 5.72. The van der Waals surface area contributed by atoms with Crippen molar-refractivity contribution in [3.05, 3.63) is 0 Å². The molecule has 2 N–H and O–H groups in total. The molecule has 0 aliphatic rings. The second kappa shape index (κ2) is 6.00. The lowest BCUT2D eigenvalue weighted by atomic mass is 9.94. The molecule has 3 heteroatoms. The molecule has 0 heterocycles. The monoisotopic (exact) mass is 173 g/mol. The van der Waals surface area contributed by atoms with Gasteiger partial charge in [-0.2, -0.15) is 0 Å². The lowest BCUT2D eigenvalue weighted by Gasteiger charge is -2.15. The van der Waals surface area contributed by atoms with Crippen LogP contribution in [0.25, 0.3) is 0 Å². The van der Waals surface area contributed by atoms with Crippen molar-refractivity contribution in [2.45, 2.75) is 26.7 Å². The fourth-order valence-electron chi connectivity index (χ4n) is 1.11. The minimum atomic E-state index is -0.183. The topological polar surface area (TPSA) is 52.3 Å². The number of ether oxygens (including phenoxy) is 1. The molecule has 0 aliphatic carbocycles. The van der Waals surface area contributed by atoms with Crippen molar-refractivity contribution < 1.29 is 9.53 Å². The van der Waals surface area contributed by atoms with E-state index in [-0.39, 0.29) is 11.9 Å². The number of carbonyl (C=O) groups is 1. The molecule has 0 fully saturated rings. The molecule has 0 radical (unpaired) electrons. The number of carbonyl (C=O) groups excluding carboxylic acids is 1. The summed E-state index contributed by atoms with van der Waals surface area (Å²) >= 11 is 0. The lowest BCUT2D eigenvalue weighted by molar-refractivity contribution is -0.145. The van der Waals surface area contributed by atoms with Crippen LogP contribution in [0.1, 0.15) is 26.7 Å². The van der Waals surface area contributed by atoms with Gasteiger partial charge in [0.1, 0.15) is 0 Å². The van der Waals surface area contributed by atoms with E-state index < -0.39 is 0 Å². The summed E-state index contributed by atoms with van der Waals surface area (Å²) in [6.45, 7) is 4.61. The summed E-state index contributed by atoms with van der Waals surface area (Å²) in [5.74, 6) is 0.236. The average molecular weight is 173 g/mol. The number of methoxy groups -OCH3 is 1. The van der Waals surface area contributed by atoms with Gasteiger partial charge in [0.15, 0.2) is 0 Å². The van der Waals surface area contributed by atoms with Gasteiger partial charge in [0.2, 0.25) is 0 Å². The van der Waals surface area contributed by atoms with Crippen LogP contribution in [-0.4, -0.2) is 19.6 Å². The number of hydrogen-bond acceptors (Lipinski definition) is 3. The highest BCUT2D eigenvalue weighted by Crippen LogP contribution is 2.15. The molecule has 0 aromatic rings. The van der Waals surface area contributed by atoms with Gasteiger partial charge in [-0.15, -0.1) is 0 Å². The minimum Gasteiger partial charge on any atom is -0.469 e. The molecule has 72 valence electrons. The fraction of sp³-hybridized carbons (Fsp3) is 0.889. The van der Waals surface area contributed by atoms with E-state index in [9.17, 15) is 4.79 Å². The third-order valence-corrected chi connectivity index (χ3v) is 2.20. The summed E-state index contributed by atoms with van der Waals surface area (Å²) in [5.41, 5.74) is 5.45. The zero-order valence-electron chi connectivity index (χ0n) is 8.17. The Morgan fingerprint density at radius 1 is 1.58 bits per heavy atom. The van der Waals surface area contributed by atoms with E-state index in [1.807, 2.05) is 0 Å². The van der Waals surface area contributed by atoms with Gasteiger partial charge in [-0.05, 0) is 12.3 Å². The van der Waals surface area contributed by atoms with Gasteiger partial charge in [0.05, 0.1) is 13.0 Å². The quantitative estimate of drug-likeness (QED) is 0.635. The van der Waals surface area contributed by atoms with Gasteiger partial charge in [-0.25, -0.2) is 0 Å². The first kappa shape index (κ1) is 11.4. The summed E-state index contributed by atoms with van der Waals surface area (Å²) in [4.78, 5) is 11.1. The van der Waals surface area contributed by atoms with Crippen LogP contribution in [0.2, 0.25) is 0 Å². The van der Waals surface area contributed by atoms with Crippen LogP contribution in [-0.2, 0) is 9.53 Å². The van der Waals surface area contributed by atoms with Crippen LogP contribution >= 0.6 is 0 Å². The Bertz CT molecular complexity index is 136. The van der Waals surface area contributed by atoms with Crippen LogP contribution < -0.4 is 5.73 Å². The molecule has 0 aliphatic heterocycles. The standard InChI is InChI=1S/C9H19NO2/c1-4-7(2)5-8(6-10)9(11)12-3/h7-8H,4-6,10H2,1-3H3. The highest BCUT2D eigenvalue weighted by atomic mass is 16.5. The third-order valence-electron chi connectivity index (χ3n) is 2.20. The van der Waals surface area contributed by atoms with Crippen LogP contribution in [0.4, 0.5) is 0 Å². The maximum atomic E-state index is 11.1. The lowest BCUT2D eigenvalue weighted by Crippen LogP contribution is -2.26. The largest absolute Gasteiger partial charge is 0.469 e. The van der Waals surface area contributed by atoms with Crippen molar-refractivity contribution in [3.8, 4) is 0 Å². The number of nitrogens with two attached hydrogens (primary N) is 1. The van der Waals surface area contributed by atoms with E-state index in [1.165, 1.54) is 7.11 Å². The van der Waals surface area contributed by atoms with Gasteiger partial charge in [0, 0.05) is 6.54 Å². The molecule has 0 aromatic carbocycles. The summed E-state index contributed by atoms with van der Waals surface area (Å²) in [7, 11) is 1.40. The van der Waals surface area contributed by atoms with E-state index in [2.05, 4.69) is 18.6 Å². The predicted molar refractivity (Wildman–Crippen MR) is 48.6 cm³/mol. The molecule has 0 spiro atoms. The van der Waals surface area contributed by atoms with Crippen molar-refractivity contribution in [1.82, 2.24) is 0 Å². The van der Waals surface area contributed by atoms with E-state index in [1.54, 1.807) is 0 Å². The number of esters is 1. The van der Waals surface area contributed by atoms with Crippen molar-refractivity contribution >= 4 is 5.97 Å². The van der Waals surface area contributed by atoms with Gasteiger partial charge in [-0.1, -0.05) is 20.3 Å². The minimum absolute atomic E-state index is 0.120. The van der Waals surface area contributed by atoms with Crippen molar-refractivity contribution in [2.24, 2.45) is 17.6 Å². The van der Waals surface area contributed by atoms with Gasteiger partial charge < -0.3 is 10.5 Å². The van der Waals surface area contributed by atoms with E-state index >= 15 is 0 Å². The molecule has 2 unspecified atom stereocenters. The molecule has 3 nitrogen and oxygen atoms in total. The number of hydrogen-bond donors (Lipinski definition) is 1. The smallest absolute Gasteiger partial charge is 0.309 e. The summed E-state index contributed by atoms with van der Waals surface area (Å²) in [6.07, 6.45) is 1.91. The molecule has 0 saturated carbocycles. The maximum Gasteiger partial charge on any atom is 0.309 e. The van der Waals surface area contributed by atoms with Crippen molar-refractivity contribution in [1.29, 1.82) is 0 Å². The first-order chi connectivity index (χ1) is 5.65. The summed E-state index contributed by atoms with van der Waals surface area (Å²) in [5, 5.41) is 0. The first-order valence-corrected chi connectivity index (χ1v) is 4.43. The molecule has 12 heavy (non-hydrogen) atoms. The van der Waals surface area contributed by atoms with Gasteiger partial charge in [0.25, 0.3) is 0 Å². The highest BCUT2D eigenvalue weighted by Gasteiger charge is 2.19. The highest BCUT2D eigenvalue weighted by molar-refractivity contribution is 5.72. The molecule has 2 atom stereocenters. The van der Waals surface area contributed by atoms with Crippen molar-refractivity contribution in [2.75, 3.05) is 13.7 Å². The molecule has 0 amide bonds. The maximum absolute atomic E-state index is 11.1. The Morgan fingerprint density at radius 2 is 2.17 bits per heavy atom. The average Bonchev–Trinajstić information content (AvgIpc) is 2.12. The number of rotatable bonds is 5. The van der Waals surface area contributed by atoms with Crippen molar-refractivity contribution in [3.63, 3.8) is 0 Å². The molecule has 0 saturated heterocycles. The molecule has 0 bridgehead atoms. The first-order valence-electron chi connectivity index (χ1n) is 4.43. The molecule has 0 aromatic heterocycles. The predicted octanol–water partition coefficient (Wildman–Crippen LogP) is 1.17. The Balaban J connectivity index is 3.90. The SMILES string of the molecule is CCC(C)CC(CN)C(=O)OC. The second-order valence-electron chi connectivity index (χ2n) is 3.20. The Labute approximate surface area is 74.3 Å². The summed E-state index contributed by atoms with van der Waals surface area (Å²) < 4.78 is 4.63. The van der Waals surface area contributed by atoms with E-state index in [0.29, 0.717) is 12.5 Å². The van der Waals surface area contributed by atoms with Gasteiger partial charge in [-0.3, -0.25) is 4.79 Å². The second-order valence-corrected chi connectivity index (χ2v) is 3.20. The van der Waals surface area contributed by atoms with Crippen LogP contribution in [0, 0.1) is 11.8 Å². The van der Waals surface area contributed by atoms with Crippen LogP contribution in [0.3, 0.4) is 0 Å². The Morgan fingerprint density at radius 3 is 2.50 bits per heavy atom. The summed E-state index contributed by atoms with van der Waals surface area (Å²) in [6, 6.07) is 0. The van der Waals surface area contributed by atoms with Crippen LogP contribution in [0.15, 0.2) is 0 Å². The fourth-order valence-corrected chi connectivity index (χ4v) is 1.11. The zero-order chi connectivity index (χ0) is 9.56. The van der Waals surface area contributed by atoms with Gasteiger partial charge >= 0.3 is 5.97 Å². The third kappa shape index (κ3) is 3.72. The Hall–Kier alpha value is -0.570. The van der Waals surface area contributed by atoms with E-state index in [4.69, 9.17) is 5.73 Å².